The molecule has 2 aromatic carbocycles. The van der Waals surface area contributed by atoms with Crippen molar-refractivity contribution in [3.63, 3.8) is 0 Å². The number of imidazole rings is 1. The van der Waals surface area contributed by atoms with E-state index in [4.69, 9.17) is 9.72 Å². The highest BCUT2D eigenvalue weighted by atomic mass is 19.4. The minimum atomic E-state index is -4.79. The summed E-state index contributed by atoms with van der Waals surface area (Å²) in [5.41, 5.74) is 3.78. The average molecular weight is 485 g/mol. The fourth-order valence-corrected chi connectivity index (χ4v) is 4.40. The van der Waals surface area contributed by atoms with Crippen LogP contribution < -0.4 is 15.4 Å². The molecule has 182 valence electrons. The molecule has 3 heterocycles. The third-order valence-corrected chi connectivity index (χ3v) is 5.95. The number of hydrogen-bond acceptors (Lipinski definition) is 6. The van der Waals surface area contributed by atoms with Gasteiger partial charge in [-0.15, -0.1) is 13.2 Å². The van der Waals surface area contributed by atoms with Crippen LogP contribution in [0.2, 0.25) is 0 Å². The van der Waals surface area contributed by atoms with Gasteiger partial charge in [-0.2, -0.15) is 0 Å². The molecule has 2 aliphatic heterocycles. The largest absolute Gasteiger partial charge is 0.573 e. The molecule has 3 aromatic rings. The van der Waals surface area contributed by atoms with Crippen LogP contribution >= 0.6 is 0 Å². The van der Waals surface area contributed by atoms with Crippen LogP contribution in [0.4, 0.5) is 18.9 Å². The summed E-state index contributed by atoms with van der Waals surface area (Å²) >= 11 is 0. The Balaban J connectivity index is 1.53. The van der Waals surface area contributed by atoms with Crippen molar-refractivity contribution in [2.45, 2.75) is 38.9 Å². The lowest BCUT2D eigenvalue weighted by molar-refractivity contribution is -0.274. The normalized spacial score (nSPS) is 19.3. The summed E-state index contributed by atoms with van der Waals surface area (Å²) in [6, 6.07) is 8.49. The van der Waals surface area contributed by atoms with Gasteiger partial charge in [0.2, 0.25) is 0 Å². The Morgan fingerprint density at radius 1 is 1.29 bits per heavy atom. The Kier molecular flexibility index (Phi) is 5.72. The molecule has 2 unspecified atom stereocenters. The molecule has 2 atom stereocenters. The predicted molar refractivity (Wildman–Crippen MR) is 124 cm³/mol. The number of carbonyl (C=O) groups excluding carboxylic acids is 1. The summed E-state index contributed by atoms with van der Waals surface area (Å²) in [4.78, 5) is 22.3. The number of hydrogen-bond donors (Lipinski definition) is 2. The van der Waals surface area contributed by atoms with Gasteiger partial charge in [0.25, 0.3) is 5.91 Å². The highest BCUT2D eigenvalue weighted by Gasteiger charge is 2.31. The summed E-state index contributed by atoms with van der Waals surface area (Å²) in [5.74, 6) is 0.00333. The summed E-state index contributed by atoms with van der Waals surface area (Å²) in [6.45, 7) is 4.47. The maximum atomic E-state index is 13.1. The van der Waals surface area contributed by atoms with Gasteiger partial charge in [-0.05, 0) is 49.7 Å². The average Bonchev–Trinajstić information content (AvgIpc) is 3.14. The lowest BCUT2D eigenvalue weighted by Crippen LogP contribution is -2.28. The number of aryl methyl sites for hydroxylation is 1. The molecule has 2 N–H and O–H groups in total. The van der Waals surface area contributed by atoms with Gasteiger partial charge < -0.3 is 24.7 Å². The van der Waals surface area contributed by atoms with E-state index in [0.717, 1.165) is 41.0 Å². The van der Waals surface area contributed by atoms with E-state index in [1.807, 2.05) is 6.92 Å². The number of nitrogens with zero attached hydrogens (tertiary/aromatic N) is 3. The SMILES string of the molecule is CCC1COC2N=CNC=C2c2cc(C(=O)Nc3ccc(OC(F)(F)F)cc3)cc3nc(C)n1c23. The van der Waals surface area contributed by atoms with Gasteiger partial charge in [0.15, 0.2) is 6.23 Å². The van der Waals surface area contributed by atoms with Crippen LogP contribution in [0.5, 0.6) is 5.75 Å². The zero-order valence-corrected chi connectivity index (χ0v) is 18.9. The maximum absolute atomic E-state index is 13.1. The van der Waals surface area contributed by atoms with Crippen molar-refractivity contribution in [2.75, 3.05) is 11.9 Å². The number of fused-ring (bicyclic) bond motifs is 2. The van der Waals surface area contributed by atoms with E-state index in [1.165, 1.54) is 12.1 Å². The fourth-order valence-electron chi connectivity index (χ4n) is 4.40. The number of ether oxygens (including phenoxy) is 2. The second-order valence-corrected chi connectivity index (χ2v) is 8.24. The Hall–Kier alpha value is -3.86. The second-order valence-electron chi connectivity index (χ2n) is 8.24. The summed E-state index contributed by atoms with van der Waals surface area (Å²) < 4.78 is 49.3. The van der Waals surface area contributed by atoms with Gasteiger partial charge in [-0.1, -0.05) is 6.92 Å². The number of aliphatic imine (C=N–C) groups is 1. The molecule has 0 bridgehead atoms. The third kappa shape index (κ3) is 4.46. The summed E-state index contributed by atoms with van der Waals surface area (Å²) in [6.07, 6.45) is -1.11. The number of aromatic nitrogens is 2. The van der Waals surface area contributed by atoms with Crippen LogP contribution in [-0.2, 0) is 4.74 Å². The number of nitrogens with one attached hydrogen (secondary N) is 2. The molecule has 1 aromatic heterocycles. The van der Waals surface area contributed by atoms with Crippen LogP contribution in [0.15, 0.2) is 47.6 Å². The molecule has 0 aliphatic carbocycles. The molecular formula is C24H22F3N5O3. The molecule has 0 radical (unpaired) electrons. The fraction of sp³-hybridized carbons (Fsp3) is 0.292. The second kappa shape index (κ2) is 8.73. The first-order chi connectivity index (χ1) is 16.7. The molecule has 1 amide bonds. The summed E-state index contributed by atoms with van der Waals surface area (Å²) in [5, 5.41) is 5.71. The van der Waals surface area contributed by atoms with Crippen LogP contribution in [0.3, 0.4) is 0 Å². The summed E-state index contributed by atoms with van der Waals surface area (Å²) in [7, 11) is 0. The van der Waals surface area contributed by atoms with E-state index in [9.17, 15) is 18.0 Å². The van der Waals surface area contributed by atoms with Gasteiger partial charge >= 0.3 is 6.36 Å². The van der Waals surface area contributed by atoms with E-state index in [2.05, 4.69) is 31.9 Å². The number of halogens is 3. The molecule has 11 heteroatoms. The Morgan fingerprint density at radius 2 is 2.06 bits per heavy atom. The molecule has 0 spiro atoms. The van der Waals surface area contributed by atoms with Crippen LogP contribution in [0.1, 0.15) is 41.1 Å². The van der Waals surface area contributed by atoms with Crippen molar-refractivity contribution in [3.05, 3.63) is 59.5 Å². The smallest absolute Gasteiger partial charge is 0.406 e. The van der Waals surface area contributed by atoms with Gasteiger partial charge in [-0.3, -0.25) is 4.79 Å². The van der Waals surface area contributed by atoms with Crippen LogP contribution in [0, 0.1) is 6.92 Å². The molecule has 0 saturated heterocycles. The standard InChI is InChI=1S/C24H22F3N5O3/c1-3-16-11-34-23-19(10-28-12-29-23)18-8-14(9-20-21(18)32(16)13(2)30-20)22(33)31-15-4-6-17(7-5-15)35-24(25,26)27/h4-10,12,16,23H,3,11H2,1-2H3,(H,28,29)(H,31,33). The van der Waals surface area contributed by atoms with Crippen LogP contribution in [-0.4, -0.2) is 41.0 Å². The third-order valence-electron chi connectivity index (χ3n) is 5.95. The molecule has 35 heavy (non-hydrogen) atoms. The van der Waals surface area contributed by atoms with E-state index in [1.54, 1.807) is 24.7 Å². The Morgan fingerprint density at radius 3 is 2.77 bits per heavy atom. The lowest BCUT2D eigenvalue weighted by atomic mass is 9.98. The van der Waals surface area contributed by atoms with Crippen molar-refractivity contribution in [1.29, 1.82) is 0 Å². The van der Waals surface area contributed by atoms with Crippen molar-refractivity contribution < 1.29 is 27.4 Å². The monoisotopic (exact) mass is 485 g/mol. The minimum Gasteiger partial charge on any atom is -0.406 e. The van der Waals surface area contributed by atoms with Crippen molar-refractivity contribution in [2.24, 2.45) is 4.99 Å². The topological polar surface area (TPSA) is 89.8 Å². The van der Waals surface area contributed by atoms with Gasteiger partial charge in [0.1, 0.15) is 11.6 Å². The van der Waals surface area contributed by atoms with E-state index in [-0.39, 0.29) is 11.8 Å². The predicted octanol–water partition coefficient (Wildman–Crippen LogP) is 4.78. The number of carbonyl (C=O) groups is 1. The van der Waals surface area contributed by atoms with Gasteiger partial charge in [0, 0.05) is 28.6 Å². The number of alkyl halides is 3. The molecular weight excluding hydrogens is 463 g/mol. The van der Waals surface area contributed by atoms with Crippen molar-refractivity contribution in [3.8, 4) is 5.75 Å². The number of benzene rings is 2. The van der Waals surface area contributed by atoms with Crippen molar-refractivity contribution >= 4 is 34.5 Å². The quantitative estimate of drug-likeness (QED) is 0.556. The lowest BCUT2D eigenvalue weighted by Gasteiger charge is -2.29. The first-order valence-electron chi connectivity index (χ1n) is 11.0. The minimum absolute atomic E-state index is 0.0579. The van der Waals surface area contributed by atoms with E-state index < -0.39 is 18.5 Å². The number of rotatable bonds is 4. The zero-order valence-electron chi connectivity index (χ0n) is 18.9. The zero-order chi connectivity index (χ0) is 24.7. The highest BCUT2D eigenvalue weighted by Crippen LogP contribution is 2.37. The van der Waals surface area contributed by atoms with Crippen molar-refractivity contribution in [1.82, 2.24) is 14.9 Å². The first kappa shape index (κ1) is 22.9. The van der Waals surface area contributed by atoms with E-state index >= 15 is 0 Å². The van der Waals surface area contributed by atoms with E-state index in [0.29, 0.717) is 23.4 Å². The molecule has 0 fully saturated rings. The Bertz CT molecular complexity index is 1350. The molecule has 5 rings (SSSR count). The number of amides is 1. The van der Waals surface area contributed by atoms with Gasteiger partial charge in [0.05, 0.1) is 30.0 Å². The first-order valence-corrected chi connectivity index (χ1v) is 11.0. The highest BCUT2D eigenvalue weighted by molar-refractivity contribution is 6.08. The van der Waals surface area contributed by atoms with Gasteiger partial charge in [-0.25, -0.2) is 9.98 Å². The maximum Gasteiger partial charge on any atom is 0.573 e. The molecule has 0 saturated carbocycles. The molecule has 8 nitrogen and oxygen atoms in total. The Labute approximate surface area is 198 Å². The number of anilines is 1. The van der Waals surface area contributed by atoms with Crippen LogP contribution in [0.25, 0.3) is 16.6 Å². The molecule has 2 aliphatic rings.